The molecule has 2 aromatic rings. The lowest BCUT2D eigenvalue weighted by atomic mass is 9.70. The number of cyclic esters (lactones) is 2. The Balaban J connectivity index is 1.23. The minimum absolute atomic E-state index is 0.137. The molecule has 1 aliphatic carbocycles. The summed E-state index contributed by atoms with van der Waals surface area (Å²) in [5.41, 5.74) is 1.07. The first-order valence-electron chi connectivity index (χ1n) is 25.8. The van der Waals surface area contributed by atoms with E-state index in [-0.39, 0.29) is 11.2 Å². The van der Waals surface area contributed by atoms with Crippen LogP contribution in [0.2, 0.25) is 0 Å². The van der Waals surface area contributed by atoms with Crippen LogP contribution in [0.3, 0.4) is 0 Å². The summed E-state index contributed by atoms with van der Waals surface area (Å²) in [4.78, 5) is 41.2. The number of ether oxygens (including phenoxy) is 3. The fraction of sp³-hybridized carbons (Fsp3) is 0.649. The van der Waals surface area contributed by atoms with Gasteiger partial charge in [0, 0.05) is 18.5 Å². The van der Waals surface area contributed by atoms with E-state index in [2.05, 4.69) is 44.4 Å². The first kappa shape index (κ1) is 55.9. The molecule has 366 valence electrons. The molecular weight excluding hydrogens is 877 g/mol. The Labute approximate surface area is 414 Å². The fourth-order valence-corrected chi connectivity index (χ4v) is 12.7. The van der Waals surface area contributed by atoms with Gasteiger partial charge in [0.05, 0.1) is 23.9 Å². The number of benzene rings is 2. The lowest BCUT2D eigenvalue weighted by Gasteiger charge is -2.32. The third-order valence-electron chi connectivity index (χ3n) is 13.9. The van der Waals surface area contributed by atoms with Gasteiger partial charge in [-0.3, -0.25) is 14.4 Å². The van der Waals surface area contributed by atoms with Gasteiger partial charge >= 0.3 is 17.9 Å². The lowest BCUT2D eigenvalue weighted by molar-refractivity contribution is -0.157. The summed E-state index contributed by atoms with van der Waals surface area (Å²) < 4.78 is 18.3. The van der Waals surface area contributed by atoms with E-state index in [0.717, 1.165) is 72.1 Å². The molecule has 1 saturated heterocycles. The van der Waals surface area contributed by atoms with E-state index < -0.39 is 35.1 Å². The second kappa shape index (κ2) is 32.2. The normalized spacial score (nSPS) is 20.5. The number of carbonyl (C=O) groups is 3. The molecule has 0 radical (unpaired) electrons. The Morgan fingerprint density at radius 3 is 1.91 bits per heavy atom. The number of hydrogen-bond acceptors (Lipinski definition) is 9. The van der Waals surface area contributed by atoms with Crippen LogP contribution in [0.5, 0.6) is 0 Å². The van der Waals surface area contributed by atoms with Gasteiger partial charge in [-0.2, -0.15) is 0 Å². The minimum atomic E-state index is -0.903. The van der Waals surface area contributed by atoms with Gasteiger partial charge in [0.15, 0.2) is 0 Å². The summed E-state index contributed by atoms with van der Waals surface area (Å²) in [6.45, 7) is 16.1. The Morgan fingerprint density at radius 2 is 1.32 bits per heavy atom. The van der Waals surface area contributed by atoms with Crippen molar-refractivity contribution in [2.45, 2.75) is 173 Å². The van der Waals surface area contributed by atoms with Gasteiger partial charge in [-0.15, -0.1) is 24.9 Å². The van der Waals surface area contributed by atoms with Crippen molar-refractivity contribution in [3.8, 4) is 0 Å². The number of hydrogen-bond donors (Lipinski definition) is 0. The van der Waals surface area contributed by atoms with Gasteiger partial charge in [-0.05, 0) is 99.3 Å². The largest absolute Gasteiger partial charge is 0.465 e. The third kappa shape index (κ3) is 20.1. The molecule has 1 aliphatic heterocycles. The number of allylic oxidation sites excluding steroid dienone is 2. The average Bonchev–Trinajstić information content (AvgIpc) is 3.86. The van der Waals surface area contributed by atoms with Gasteiger partial charge in [-0.1, -0.05) is 200 Å². The maximum absolute atomic E-state index is 13.8. The third-order valence-corrected chi connectivity index (χ3v) is 16.9. The van der Waals surface area contributed by atoms with Crippen molar-refractivity contribution in [2.24, 2.45) is 35.0 Å². The molecule has 1 saturated carbocycles. The maximum atomic E-state index is 13.8. The van der Waals surface area contributed by atoms with Crippen LogP contribution in [0.1, 0.15) is 184 Å². The van der Waals surface area contributed by atoms with Crippen molar-refractivity contribution in [3.05, 3.63) is 97.1 Å². The molecule has 1 heterocycles. The second-order valence-electron chi connectivity index (χ2n) is 19.7. The second-order valence-corrected chi connectivity index (χ2v) is 23.2. The quantitative estimate of drug-likeness (QED) is 0.0221. The molecule has 9 heteroatoms. The smallest absolute Gasteiger partial charge is 0.318 e. The van der Waals surface area contributed by atoms with E-state index in [1.165, 1.54) is 89.9 Å². The lowest BCUT2D eigenvalue weighted by Crippen LogP contribution is -2.34. The van der Waals surface area contributed by atoms with E-state index in [9.17, 15) is 14.4 Å². The molecule has 7 unspecified atom stereocenters. The summed E-state index contributed by atoms with van der Waals surface area (Å²) in [7, 11) is 0. The predicted molar refractivity (Wildman–Crippen MR) is 283 cm³/mol. The molecular formula is C57H84O6S3. The first-order chi connectivity index (χ1) is 32.1. The van der Waals surface area contributed by atoms with Gasteiger partial charge in [0.1, 0.15) is 3.53 Å². The van der Waals surface area contributed by atoms with E-state index >= 15 is 0 Å². The molecule has 4 rings (SSSR count). The van der Waals surface area contributed by atoms with Crippen molar-refractivity contribution in [1.82, 2.24) is 0 Å². The van der Waals surface area contributed by atoms with E-state index in [0.29, 0.717) is 37.2 Å². The molecule has 6 nitrogen and oxygen atoms in total. The Morgan fingerprint density at radius 1 is 0.758 bits per heavy atom. The average molecular weight is 961 g/mol. The molecule has 2 aromatic carbocycles. The number of thioether (sulfide) groups is 2. The van der Waals surface area contributed by atoms with Crippen LogP contribution < -0.4 is 0 Å². The maximum Gasteiger partial charge on any atom is 0.318 e. The summed E-state index contributed by atoms with van der Waals surface area (Å²) in [5.74, 6) is -0.456. The van der Waals surface area contributed by atoms with Crippen molar-refractivity contribution in [2.75, 3.05) is 25.6 Å². The number of rotatable bonds is 35. The zero-order valence-electron chi connectivity index (χ0n) is 40.9. The van der Waals surface area contributed by atoms with Crippen molar-refractivity contribution >= 4 is 57.2 Å². The zero-order chi connectivity index (χ0) is 47.4. The van der Waals surface area contributed by atoms with Gasteiger partial charge in [-0.25, -0.2) is 0 Å². The van der Waals surface area contributed by atoms with Crippen molar-refractivity contribution < 1.29 is 28.6 Å². The van der Waals surface area contributed by atoms with Crippen LogP contribution in [0, 0.1) is 35.0 Å². The highest BCUT2D eigenvalue weighted by molar-refractivity contribution is 8.47. The Bertz CT molecular complexity index is 1710. The molecule has 0 N–H and O–H groups in total. The van der Waals surface area contributed by atoms with Crippen LogP contribution in [0.15, 0.2) is 86.0 Å². The molecule has 0 spiro atoms. The predicted octanol–water partition coefficient (Wildman–Crippen LogP) is 16.0. The fourth-order valence-electron chi connectivity index (χ4n) is 9.91. The van der Waals surface area contributed by atoms with E-state index in [1.807, 2.05) is 62.4 Å². The van der Waals surface area contributed by atoms with Crippen molar-refractivity contribution in [3.63, 3.8) is 0 Å². The van der Waals surface area contributed by atoms with Gasteiger partial charge < -0.3 is 14.2 Å². The Kier molecular flexibility index (Phi) is 27.2. The molecule has 66 heavy (non-hydrogen) atoms. The molecule has 0 bridgehead atoms. The van der Waals surface area contributed by atoms with Crippen LogP contribution >= 0.6 is 35.7 Å². The highest BCUT2D eigenvalue weighted by Gasteiger charge is 2.51. The Hall–Kier alpha value is -2.72. The van der Waals surface area contributed by atoms with E-state index in [4.69, 9.17) is 26.4 Å². The summed E-state index contributed by atoms with van der Waals surface area (Å²) >= 11 is 9.29. The van der Waals surface area contributed by atoms with Crippen LogP contribution in [0.25, 0.3) is 0 Å². The van der Waals surface area contributed by atoms with Crippen molar-refractivity contribution in [1.29, 1.82) is 0 Å². The van der Waals surface area contributed by atoms with Gasteiger partial charge in [0.2, 0.25) is 0 Å². The molecule has 0 amide bonds. The van der Waals surface area contributed by atoms with Crippen LogP contribution in [-0.4, -0.2) is 47.0 Å². The number of carbonyl (C=O) groups excluding carboxylic acids is 3. The topological polar surface area (TPSA) is 78.9 Å². The van der Waals surface area contributed by atoms with Crippen LogP contribution in [-0.2, 0) is 28.6 Å². The molecule has 2 fully saturated rings. The molecule has 7 atom stereocenters. The highest BCUT2D eigenvalue weighted by Crippen LogP contribution is 2.49. The summed E-state index contributed by atoms with van der Waals surface area (Å²) in [6.07, 6.45) is 29.1. The first-order valence-corrected chi connectivity index (χ1v) is 28.0. The minimum Gasteiger partial charge on any atom is -0.465 e. The number of esters is 3. The van der Waals surface area contributed by atoms with E-state index in [1.54, 1.807) is 23.5 Å². The SMILES string of the molecule is C=CC1CC(C=C)C(COCCCCCCCCCCOC(=O)C(C)(C)CC(c2ccccc2)C2C(=O)OC(=O)C2CC(SC(=S)SCCCCCCCCCCCC)c2ccccc2)C1. The van der Waals surface area contributed by atoms with Gasteiger partial charge in [0.25, 0.3) is 0 Å². The summed E-state index contributed by atoms with van der Waals surface area (Å²) in [6, 6.07) is 20.0. The highest BCUT2D eigenvalue weighted by atomic mass is 32.2. The standard InChI is InChI=1S/C57H84O6S3/c1-6-9-10-11-12-13-16-19-22-31-38-65-56(64)66-51(47-34-27-24-28-35-47)41-49-52(54(59)63-53(49)58)50(46-32-25-23-26-33-46)42-57(4,5)55(60)62-37-30-21-18-15-14-17-20-29-36-61-43-48-40-44(7-2)39-45(48)8-3/h7-8,23-28,32-35,44-45,48-52H,2-3,6,9-22,29-31,36-43H2,1,4-5H3. The molecule has 0 aromatic heterocycles. The van der Waals surface area contributed by atoms with Crippen LogP contribution in [0.4, 0.5) is 0 Å². The number of thiocarbonyl (C=S) groups is 1. The molecule has 2 aliphatic rings. The monoisotopic (exact) mass is 961 g/mol. The number of unbranched alkanes of at least 4 members (excludes halogenated alkanes) is 16. The summed E-state index contributed by atoms with van der Waals surface area (Å²) in [5, 5.41) is -0.137. The zero-order valence-corrected chi connectivity index (χ0v) is 43.4.